The van der Waals surface area contributed by atoms with Crippen molar-refractivity contribution >= 4 is 11.9 Å². The van der Waals surface area contributed by atoms with Crippen LogP contribution in [0, 0.1) is 11.8 Å². The number of aliphatic carboxylic acids is 1. The molecule has 0 aromatic carbocycles. The van der Waals surface area contributed by atoms with Gasteiger partial charge in [-0.2, -0.15) is 0 Å². The molecular formula is C13H24N2O4. The summed E-state index contributed by atoms with van der Waals surface area (Å²) in [5.74, 6) is -0.542. The fraction of sp³-hybridized carbons (Fsp3) is 0.846. The van der Waals surface area contributed by atoms with Crippen molar-refractivity contribution in [2.45, 2.75) is 32.2 Å². The van der Waals surface area contributed by atoms with E-state index < -0.39 is 12.0 Å². The van der Waals surface area contributed by atoms with Crippen molar-refractivity contribution in [2.75, 3.05) is 26.8 Å². The van der Waals surface area contributed by atoms with Gasteiger partial charge in [-0.3, -0.25) is 4.79 Å². The number of nitrogens with one attached hydrogen (secondary N) is 2. The molecular weight excluding hydrogens is 248 g/mol. The number of ether oxygens (including phenoxy) is 1. The summed E-state index contributed by atoms with van der Waals surface area (Å²) in [6, 6.07) is -0.964. The van der Waals surface area contributed by atoms with Crippen LogP contribution in [0.25, 0.3) is 0 Å². The molecule has 1 aliphatic rings. The Bertz CT molecular complexity index is 303. The number of amides is 1. The summed E-state index contributed by atoms with van der Waals surface area (Å²) in [4.78, 5) is 22.7. The van der Waals surface area contributed by atoms with E-state index in [0.29, 0.717) is 12.3 Å². The third kappa shape index (κ3) is 5.57. The van der Waals surface area contributed by atoms with Crippen LogP contribution >= 0.6 is 0 Å². The van der Waals surface area contributed by atoms with Gasteiger partial charge in [0.05, 0.1) is 6.61 Å². The predicted molar refractivity (Wildman–Crippen MR) is 70.8 cm³/mol. The van der Waals surface area contributed by atoms with E-state index in [4.69, 9.17) is 9.84 Å². The van der Waals surface area contributed by atoms with Crippen LogP contribution in [0.2, 0.25) is 0 Å². The molecule has 0 aromatic heterocycles. The second-order valence-corrected chi connectivity index (χ2v) is 5.20. The maximum atomic E-state index is 11.8. The maximum absolute atomic E-state index is 11.8. The molecule has 0 saturated carbocycles. The molecule has 1 aliphatic heterocycles. The van der Waals surface area contributed by atoms with E-state index in [1.165, 1.54) is 7.11 Å². The van der Waals surface area contributed by atoms with Crippen LogP contribution in [0.1, 0.15) is 26.2 Å². The number of hydrogen-bond donors (Lipinski definition) is 3. The lowest BCUT2D eigenvalue weighted by molar-refractivity contribution is -0.143. The maximum Gasteiger partial charge on any atom is 0.328 e. The van der Waals surface area contributed by atoms with Gasteiger partial charge in [-0.05, 0) is 37.8 Å². The van der Waals surface area contributed by atoms with Crippen LogP contribution in [0.15, 0.2) is 0 Å². The number of rotatable bonds is 7. The third-order valence-electron chi connectivity index (χ3n) is 3.61. The Morgan fingerprint density at radius 2 is 2.26 bits per heavy atom. The summed E-state index contributed by atoms with van der Waals surface area (Å²) in [6.07, 6.45) is 2.62. The Morgan fingerprint density at radius 1 is 1.53 bits per heavy atom. The predicted octanol–water partition coefficient (Wildman–Crippen LogP) is 0.228. The third-order valence-corrected chi connectivity index (χ3v) is 3.61. The minimum Gasteiger partial charge on any atom is -0.480 e. The molecule has 0 aliphatic carbocycles. The number of carboxylic acid groups (broad SMARTS) is 1. The topological polar surface area (TPSA) is 87.7 Å². The number of methoxy groups -OCH3 is 1. The first kappa shape index (κ1) is 15.9. The Morgan fingerprint density at radius 3 is 2.79 bits per heavy atom. The number of piperidine rings is 1. The van der Waals surface area contributed by atoms with Crippen LogP contribution in [-0.2, 0) is 14.3 Å². The quantitative estimate of drug-likeness (QED) is 0.617. The molecule has 1 heterocycles. The SMILES string of the molecule is COCC(NC(=O)CC(C)C1CCCNC1)C(=O)O. The second kappa shape index (κ2) is 8.12. The lowest BCUT2D eigenvalue weighted by Gasteiger charge is -2.28. The van der Waals surface area contributed by atoms with Crippen molar-refractivity contribution < 1.29 is 19.4 Å². The number of carboxylic acids is 1. The molecule has 1 amide bonds. The van der Waals surface area contributed by atoms with Gasteiger partial charge in [0.1, 0.15) is 0 Å². The lowest BCUT2D eigenvalue weighted by atomic mass is 9.85. The summed E-state index contributed by atoms with van der Waals surface area (Å²) < 4.78 is 4.78. The summed E-state index contributed by atoms with van der Waals surface area (Å²) in [5.41, 5.74) is 0. The molecule has 110 valence electrons. The summed E-state index contributed by atoms with van der Waals surface area (Å²) in [6.45, 7) is 4.02. The van der Waals surface area contributed by atoms with Crippen LogP contribution in [-0.4, -0.2) is 49.8 Å². The van der Waals surface area contributed by atoms with E-state index in [0.717, 1.165) is 25.9 Å². The van der Waals surface area contributed by atoms with Gasteiger partial charge in [0.2, 0.25) is 5.91 Å². The molecule has 0 aromatic rings. The minimum absolute atomic E-state index is 0.0135. The van der Waals surface area contributed by atoms with Gasteiger partial charge in [-0.15, -0.1) is 0 Å². The number of carbonyl (C=O) groups is 2. The molecule has 0 bridgehead atoms. The van der Waals surface area contributed by atoms with E-state index in [1.54, 1.807) is 0 Å². The van der Waals surface area contributed by atoms with Gasteiger partial charge in [0.15, 0.2) is 6.04 Å². The van der Waals surface area contributed by atoms with Crippen LogP contribution in [0.3, 0.4) is 0 Å². The molecule has 3 N–H and O–H groups in total. The Balaban J connectivity index is 2.38. The van der Waals surface area contributed by atoms with E-state index in [9.17, 15) is 9.59 Å². The molecule has 3 unspecified atom stereocenters. The Labute approximate surface area is 113 Å². The van der Waals surface area contributed by atoms with Crippen molar-refractivity contribution in [2.24, 2.45) is 11.8 Å². The largest absolute Gasteiger partial charge is 0.480 e. The second-order valence-electron chi connectivity index (χ2n) is 5.20. The van der Waals surface area contributed by atoms with E-state index in [2.05, 4.69) is 10.6 Å². The smallest absolute Gasteiger partial charge is 0.328 e. The summed E-state index contributed by atoms with van der Waals surface area (Å²) in [7, 11) is 1.42. The molecule has 1 saturated heterocycles. The van der Waals surface area contributed by atoms with Crippen molar-refractivity contribution in [1.29, 1.82) is 0 Å². The van der Waals surface area contributed by atoms with Crippen molar-refractivity contribution in [3.05, 3.63) is 0 Å². The van der Waals surface area contributed by atoms with Crippen molar-refractivity contribution in [3.8, 4) is 0 Å². The average molecular weight is 272 g/mol. The molecule has 6 heteroatoms. The van der Waals surface area contributed by atoms with E-state index >= 15 is 0 Å². The van der Waals surface area contributed by atoms with Crippen molar-refractivity contribution in [3.63, 3.8) is 0 Å². The highest BCUT2D eigenvalue weighted by Crippen LogP contribution is 2.22. The summed E-state index contributed by atoms with van der Waals surface area (Å²) in [5, 5.41) is 14.8. The summed E-state index contributed by atoms with van der Waals surface area (Å²) >= 11 is 0. The standard InChI is InChI=1S/C13H24N2O4/c1-9(10-4-3-5-14-7-10)6-12(16)15-11(8-19-2)13(17)18/h9-11,14H,3-8H2,1-2H3,(H,15,16)(H,17,18). The van der Waals surface area contributed by atoms with Crippen LogP contribution in [0.4, 0.5) is 0 Å². The first-order chi connectivity index (χ1) is 9.04. The van der Waals surface area contributed by atoms with Gasteiger partial charge >= 0.3 is 5.97 Å². The molecule has 0 spiro atoms. The van der Waals surface area contributed by atoms with E-state index in [1.807, 2.05) is 6.92 Å². The van der Waals surface area contributed by atoms with Gasteiger partial charge < -0.3 is 20.5 Å². The van der Waals surface area contributed by atoms with Gasteiger partial charge in [0.25, 0.3) is 0 Å². The zero-order valence-electron chi connectivity index (χ0n) is 11.6. The molecule has 1 rings (SSSR count). The molecule has 6 nitrogen and oxygen atoms in total. The number of hydrogen-bond acceptors (Lipinski definition) is 4. The first-order valence-electron chi connectivity index (χ1n) is 6.76. The highest BCUT2D eigenvalue weighted by Gasteiger charge is 2.24. The zero-order valence-corrected chi connectivity index (χ0v) is 11.6. The highest BCUT2D eigenvalue weighted by atomic mass is 16.5. The molecule has 0 radical (unpaired) electrons. The van der Waals surface area contributed by atoms with Crippen LogP contribution < -0.4 is 10.6 Å². The molecule has 3 atom stereocenters. The van der Waals surface area contributed by atoms with E-state index in [-0.39, 0.29) is 18.4 Å². The highest BCUT2D eigenvalue weighted by molar-refractivity contribution is 5.83. The molecule has 19 heavy (non-hydrogen) atoms. The zero-order chi connectivity index (χ0) is 14.3. The van der Waals surface area contributed by atoms with Crippen molar-refractivity contribution in [1.82, 2.24) is 10.6 Å². The Hall–Kier alpha value is -1.14. The first-order valence-corrected chi connectivity index (χ1v) is 6.76. The van der Waals surface area contributed by atoms with Gasteiger partial charge in [-0.1, -0.05) is 6.92 Å². The Kier molecular flexibility index (Phi) is 6.80. The lowest BCUT2D eigenvalue weighted by Crippen LogP contribution is -2.45. The average Bonchev–Trinajstić information content (AvgIpc) is 2.39. The van der Waals surface area contributed by atoms with Crippen LogP contribution in [0.5, 0.6) is 0 Å². The monoisotopic (exact) mass is 272 g/mol. The minimum atomic E-state index is -1.07. The van der Waals surface area contributed by atoms with Gasteiger partial charge in [0, 0.05) is 13.5 Å². The fourth-order valence-corrected chi connectivity index (χ4v) is 2.42. The molecule has 1 fully saturated rings. The fourth-order valence-electron chi connectivity index (χ4n) is 2.42. The normalized spacial score (nSPS) is 22.5. The van der Waals surface area contributed by atoms with Gasteiger partial charge in [-0.25, -0.2) is 4.79 Å². The number of carbonyl (C=O) groups excluding carboxylic acids is 1.